The van der Waals surface area contributed by atoms with Crippen molar-refractivity contribution in [2.24, 2.45) is 0 Å². The minimum absolute atomic E-state index is 0.117. The van der Waals surface area contributed by atoms with Crippen LogP contribution < -0.4 is 5.32 Å². The van der Waals surface area contributed by atoms with E-state index in [1.165, 1.54) is 6.92 Å². The summed E-state index contributed by atoms with van der Waals surface area (Å²) in [6, 6.07) is 6.64. The molecule has 0 amide bonds. The molecule has 0 heterocycles. The van der Waals surface area contributed by atoms with Gasteiger partial charge in [-0.1, -0.05) is 0 Å². The van der Waals surface area contributed by atoms with Crippen LogP contribution in [0.1, 0.15) is 22.8 Å². The topological polar surface area (TPSA) is 93.4 Å². The van der Waals surface area contributed by atoms with Crippen LogP contribution in [0.15, 0.2) is 18.2 Å². The summed E-state index contributed by atoms with van der Waals surface area (Å²) in [7, 11) is 0. The van der Waals surface area contributed by atoms with Crippen molar-refractivity contribution in [3.05, 3.63) is 29.3 Å². The lowest BCUT2D eigenvalue weighted by atomic mass is 10.1. The summed E-state index contributed by atoms with van der Waals surface area (Å²) in [4.78, 5) is 11.3. The van der Waals surface area contributed by atoms with E-state index in [0.29, 0.717) is 16.8 Å². The zero-order valence-corrected chi connectivity index (χ0v) is 9.47. The Hall–Kier alpha value is -1.90. The molecule has 1 rings (SSSR count). The Morgan fingerprint density at radius 3 is 2.82 bits per heavy atom. The van der Waals surface area contributed by atoms with E-state index >= 15 is 0 Å². The van der Waals surface area contributed by atoms with Crippen LogP contribution in [0.4, 0.5) is 5.69 Å². The van der Waals surface area contributed by atoms with Crippen molar-refractivity contribution in [2.75, 3.05) is 18.5 Å². The third kappa shape index (κ3) is 3.55. The molecule has 5 heteroatoms. The number of nitrogens with zero attached hydrogens (tertiary/aromatic N) is 1. The zero-order chi connectivity index (χ0) is 12.8. The van der Waals surface area contributed by atoms with Gasteiger partial charge in [-0.15, -0.1) is 0 Å². The summed E-state index contributed by atoms with van der Waals surface area (Å²) in [6.45, 7) is 1.18. The van der Waals surface area contributed by atoms with Crippen molar-refractivity contribution in [1.29, 1.82) is 5.26 Å². The van der Waals surface area contributed by atoms with E-state index in [4.69, 9.17) is 10.4 Å². The van der Waals surface area contributed by atoms with Crippen LogP contribution in [0, 0.1) is 11.3 Å². The number of Topliss-reactive ketones (excluding diaryl/α,β-unsaturated/α-hetero) is 1. The maximum absolute atomic E-state index is 11.3. The Morgan fingerprint density at radius 1 is 1.59 bits per heavy atom. The van der Waals surface area contributed by atoms with E-state index in [9.17, 15) is 9.90 Å². The van der Waals surface area contributed by atoms with Gasteiger partial charge >= 0.3 is 0 Å². The van der Waals surface area contributed by atoms with Crippen molar-refractivity contribution in [3.8, 4) is 6.07 Å². The molecule has 0 bridgehead atoms. The van der Waals surface area contributed by atoms with Gasteiger partial charge in [-0.05, 0) is 25.1 Å². The molecule has 0 spiro atoms. The maximum Gasteiger partial charge on any atom is 0.161 e. The summed E-state index contributed by atoms with van der Waals surface area (Å²) in [6.07, 6.45) is -0.902. The van der Waals surface area contributed by atoms with E-state index in [2.05, 4.69) is 5.32 Å². The highest BCUT2D eigenvalue weighted by molar-refractivity contribution is 5.99. The lowest BCUT2D eigenvalue weighted by molar-refractivity contribution is 0.101. The van der Waals surface area contributed by atoms with Crippen molar-refractivity contribution in [1.82, 2.24) is 0 Å². The molecule has 3 N–H and O–H groups in total. The van der Waals surface area contributed by atoms with Gasteiger partial charge in [0, 0.05) is 17.8 Å². The molecule has 0 fully saturated rings. The fraction of sp³-hybridized carbons (Fsp3) is 0.333. The molecule has 1 aromatic rings. The first-order valence-electron chi connectivity index (χ1n) is 5.16. The molecule has 1 aromatic carbocycles. The average molecular weight is 234 g/mol. The maximum atomic E-state index is 11.3. The SMILES string of the molecule is CC(=O)c1ccc(C#N)cc1NC[C@@H](O)CO. The van der Waals surface area contributed by atoms with Crippen molar-refractivity contribution < 1.29 is 15.0 Å². The van der Waals surface area contributed by atoms with Crippen molar-refractivity contribution in [3.63, 3.8) is 0 Å². The number of aliphatic hydroxyl groups excluding tert-OH is 2. The number of aliphatic hydroxyl groups is 2. The van der Waals surface area contributed by atoms with Crippen LogP contribution in [0.5, 0.6) is 0 Å². The highest BCUT2D eigenvalue weighted by Crippen LogP contribution is 2.18. The average Bonchev–Trinajstić information content (AvgIpc) is 2.35. The second kappa shape index (κ2) is 5.99. The number of ketones is 1. The summed E-state index contributed by atoms with van der Waals surface area (Å²) >= 11 is 0. The van der Waals surface area contributed by atoms with Crippen molar-refractivity contribution in [2.45, 2.75) is 13.0 Å². The fourth-order valence-corrected chi connectivity index (χ4v) is 1.36. The number of benzene rings is 1. The number of nitrogens with one attached hydrogen (secondary N) is 1. The van der Waals surface area contributed by atoms with Gasteiger partial charge in [-0.25, -0.2) is 0 Å². The molecule has 0 aromatic heterocycles. The molecular formula is C12H14N2O3. The Morgan fingerprint density at radius 2 is 2.29 bits per heavy atom. The Kier molecular flexibility index (Phi) is 4.64. The molecule has 0 aliphatic rings. The lowest BCUT2D eigenvalue weighted by Gasteiger charge is -2.13. The molecule has 0 aliphatic heterocycles. The highest BCUT2D eigenvalue weighted by Gasteiger charge is 2.09. The summed E-state index contributed by atoms with van der Waals surface area (Å²) in [5.41, 5.74) is 1.37. The summed E-state index contributed by atoms with van der Waals surface area (Å²) < 4.78 is 0. The number of carbonyl (C=O) groups is 1. The number of anilines is 1. The highest BCUT2D eigenvalue weighted by atomic mass is 16.3. The second-order valence-electron chi connectivity index (χ2n) is 3.65. The number of nitriles is 1. The van der Waals surface area contributed by atoms with Gasteiger partial charge in [-0.3, -0.25) is 4.79 Å². The van der Waals surface area contributed by atoms with E-state index in [0.717, 1.165) is 0 Å². The van der Waals surface area contributed by atoms with Crippen molar-refractivity contribution >= 4 is 11.5 Å². The Bertz CT molecular complexity index is 452. The Labute approximate surface area is 99.3 Å². The largest absolute Gasteiger partial charge is 0.394 e. The minimum atomic E-state index is -0.902. The van der Waals surface area contributed by atoms with Gasteiger partial charge in [0.05, 0.1) is 24.3 Å². The van der Waals surface area contributed by atoms with Crippen LogP contribution in [0.2, 0.25) is 0 Å². The first kappa shape index (κ1) is 13.2. The second-order valence-corrected chi connectivity index (χ2v) is 3.65. The number of rotatable bonds is 5. The molecule has 0 unspecified atom stereocenters. The molecule has 1 atom stereocenters. The number of carbonyl (C=O) groups excluding carboxylic acids is 1. The molecule has 17 heavy (non-hydrogen) atoms. The molecule has 5 nitrogen and oxygen atoms in total. The predicted octanol–water partition coefficient (Wildman–Crippen LogP) is 0.526. The van der Waals surface area contributed by atoms with Crippen LogP contribution in [0.25, 0.3) is 0 Å². The normalized spacial score (nSPS) is 11.6. The van der Waals surface area contributed by atoms with E-state index < -0.39 is 6.10 Å². The third-order valence-corrected chi connectivity index (χ3v) is 2.27. The summed E-state index contributed by atoms with van der Waals surface area (Å²) in [5, 5.41) is 29.5. The molecule has 90 valence electrons. The molecule has 0 saturated heterocycles. The van der Waals surface area contributed by atoms with E-state index in [1.54, 1.807) is 18.2 Å². The van der Waals surface area contributed by atoms with Crippen LogP contribution in [-0.4, -0.2) is 35.3 Å². The van der Waals surface area contributed by atoms with Crippen LogP contribution in [0.3, 0.4) is 0 Å². The molecule has 0 saturated carbocycles. The smallest absolute Gasteiger partial charge is 0.161 e. The third-order valence-electron chi connectivity index (χ3n) is 2.27. The van der Waals surface area contributed by atoms with Gasteiger partial charge in [-0.2, -0.15) is 5.26 Å². The number of hydrogen-bond acceptors (Lipinski definition) is 5. The standard InChI is InChI=1S/C12H14N2O3/c1-8(16)11-3-2-9(5-13)4-12(11)14-6-10(17)7-15/h2-4,10,14-15,17H,6-7H2,1H3/t10-/m1/s1. The van der Waals surface area contributed by atoms with Gasteiger partial charge in [0.1, 0.15) is 0 Å². The zero-order valence-electron chi connectivity index (χ0n) is 9.47. The molecule has 0 aliphatic carbocycles. The fourth-order valence-electron chi connectivity index (χ4n) is 1.36. The first-order valence-corrected chi connectivity index (χ1v) is 5.16. The van der Waals surface area contributed by atoms with Gasteiger partial charge in [0.15, 0.2) is 5.78 Å². The first-order chi connectivity index (χ1) is 8.08. The number of hydrogen-bond donors (Lipinski definition) is 3. The molecule has 0 radical (unpaired) electrons. The monoisotopic (exact) mass is 234 g/mol. The van der Waals surface area contributed by atoms with Crippen LogP contribution in [-0.2, 0) is 0 Å². The van der Waals surface area contributed by atoms with Crippen LogP contribution >= 0.6 is 0 Å². The quantitative estimate of drug-likeness (QED) is 0.646. The van der Waals surface area contributed by atoms with E-state index in [1.807, 2.05) is 6.07 Å². The minimum Gasteiger partial charge on any atom is -0.394 e. The van der Waals surface area contributed by atoms with Gasteiger partial charge in [0.2, 0.25) is 0 Å². The van der Waals surface area contributed by atoms with E-state index in [-0.39, 0.29) is 18.9 Å². The predicted molar refractivity (Wildman–Crippen MR) is 62.7 cm³/mol. The molecular weight excluding hydrogens is 220 g/mol. The van der Waals surface area contributed by atoms with Gasteiger partial charge in [0.25, 0.3) is 0 Å². The lowest BCUT2D eigenvalue weighted by Crippen LogP contribution is -2.23. The Balaban J connectivity index is 2.94. The van der Waals surface area contributed by atoms with Gasteiger partial charge < -0.3 is 15.5 Å². The summed E-state index contributed by atoms with van der Waals surface area (Å²) in [5.74, 6) is -0.129.